The quantitative estimate of drug-likeness (QED) is 0.901. The molecule has 1 heterocycles. The van der Waals surface area contributed by atoms with Crippen molar-refractivity contribution in [3.63, 3.8) is 0 Å². The first-order chi connectivity index (χ1) is 11.1. The summed E-state index contributed by atoms with van der Waals surface area (Å²) in [6.07, 6.45) is 6.58. The molecule has 4 heteroatoms. The van der Waals surface area contributed by atoms with Gasteiger partial charge in [-0.25, -0.2) is 0 Å². The van der Waals surface area contributed by atoms with E-state index in [0.717, 1.165) is 18.6 Å². The minimum atomic E-state index is -0.0707. The molecule has 2 aliphatic carbocycles. The molecular weight excluding hydrogens is 290 g/mol. The molecule has 2 saturated carbocycles. The van der Waals surface area contributed by atoms with Crippen molar-refractivity contribution in [1.29, 1.82) is 0 Å². The topological polar surface area (TPSA) is 58.6 Å². The van der Waals surface area contributed by atoms with Crippen LogP contribution in [0.25, 0.3) is 0 Å². The van der Waals surface area contributed by atoms with Gasteiger partial charge in [0.15, 0.2) is 0 Å². The van der Waals surface area contributed by atoms with Gasteiger partial charge in [0, 0.05) is 30.0 Å². The summed E-state index contributed by atoms with van der Waals surface area (Å²) in [5, 5.41) is 13.1. The number of nitrogens with one attached hydrogen (secondary N) is 1. The van der Waals surface area contributed by atoms with Gasteiger partial charge in [-0.05, 0) is 37.0 Å². The predicted octanol–water partition coefficient (Wildman–Crippen LogP) is 3.02. The van der Waals surface area contributed by atoms with Crippen LogP contribution in [0, 0.1) is 24.7 Å². The van der Waals surface area contributed by atoms with E-state index in [-0.39, 0.29) is 17.7 Å². The first-order valence-corrected chi connectivity index (χ1v) is 8.87. The number of phenols is 1. The molecule has 0 bridgehead atoms. The molecule has 4 atom stereocenters. The molecule has 3 aliphatic rings. The fourth-order valence-corrected chi connectivity index (χ4v) is 4.85. The molecule has 1 saturated heterocycles. The van der Waals surface area contributed by atoms with Crippen molar-refractivity contribution in [1.82, 2.24) is 5.32 Å². The summed E-state index contributed by atoms with van der Waals surface area (Å²) < 4.78 is 5.94. The Morgan fingerprint density at radius 1 is 1.26 bits per heavy atom. The summed E-state index contributed by atoms with van der Waals surface area (Å²) in [5.41, 5.74) is 1.33. The maximum Gasteiger partial charge on any atom is 0.251 e. The van der Waals surface area contributed by atoms with E-state index >= 15 is 0 Å². The average Bonchev–Trinajstić information content (AvgIpc) is 3.18. The summed E-state index contributed by atoms with van der Waals surface area (Å²) in [6, 6.07) is 5.38. The van der Waals surface area contributed by atoms with Crippen LogP contribution in [0.5, 0.6) is 5.75 Å². The van der Waals surface area contributed by atoms with Gasteiger partial charge >= 0.3 is 0 Å². The molecule has 4 rings (SSSR count). The third-order valence-corrected chi connectivity index (χ3v) is 6.15. The zero-order chi connectivity index (χ0) is 16.0. The van der Waals surface area contributed by atoms with Crippen LogP contribution in [0.3, 0.4) is 0 Å². The van der Waals surface area contributed by atoms with Crippen LogP contribution in [0.1, 0.15) is 48.0 Å². The van der Waals surface area contributed by atoms with Crippen LogP contribution in [0.4, 0.5) is 0 Å². The molecule has 0 radical (unpaired) electrons. The molecule has 4 nitrogen and oxygen atoms in total. The van der Waals surface area contributed by atoms with E-state index in [1.165, 1.54) is 25.7 Å². The number of rotatable bonds is 3. The van der Waals surface area contributed by atoms with Gasteiger partial charge in [-0.15, -0.1) is 0 Å². The van der Waals surface area contributed by atoms with E-state index in [2.05, 4.69) is 5.32 Å². The lowest BCUT2D eigenvalue weighted by atomic mass is 9.61. The molecule has 1 aromatic carbocycles. The van der Waals surface area contributed by atoms with Gasteiger partial charge in [0.1, 0.15) is 5.75 Å². The molecule has 1 aromatic rings. The molecular formula is C19H25NO3. The van der Waals surface area contributed by atoms with Gasteiger partial charge < -0.3 is 15.2 Å². The van der Waals surface area contributed by atoms with Gasteiger partial charge in [0.05, 0.1) is 6.10 Å². The molecule has 2 N–H and O–H groups in total. The van der Waals surface area contributed by atoms with Crippen molar-refractivity contribution in [2.75, 3.05) is 6.61 Å². The van der Waals surface area contributed by atoms with Crippen molar-refractivity contribution in [3.8, 4) is 5.75 Å². The molecule has 1 aliphatic heterocycles. The van der Waals surface area contributed by atoms with E-state index in [1.807, 2.05) is 6.92 Å². The molecule has 0 unspecified atom stereocenters. The van der Waals surface area contributed by atoms with Crippen LogP contribution in [0.2, 0.25) is 0 Å². The highest BCUT2D eigenvalue weighted by molar-refractivity contribution is 5.95. The Bertz CT molecular complexity index is 604. The van der Waals surface area contributed by atoms with Gasteiger partial charge in [0.25, 0.3) is 5.91 Å². The second-order valence-electron chi connectivity index (χ2n) is 7.41. The Labute approximate surface area is 137 Å². The number of phenolic OH excluding ortho intramolecular Hbond substituents is 1. The molecule has 23 heavy (non-hydrogen) atoms. The van der Waals surface area contributed by atoms with Gasteiger partial charge in [0.2, 0.25) is 0 Å². The molecule has 124 valence electrons. The summed E-state index contributed by atoms with van der Waals surface area (Å²) in [5.74, 6) is 1.77. The van der Waals surface area contributed by atoms with E-state index in [0.29, 0.717) is 29.4 Å². The van der Waals surface area contributed by atoms with Crippen molar-refractivity contribution in [2.24, 2.45) is 17.8 Å². The normalized spacial score (nSPS) is 33.3. The molecule has 0 spiro atoms. The maximum absolute atomic E-state index is 12.6. The van der Waals surface area contributed by atoms with E-state index < -0.39 is 0 Å². The monoisotopic (exact) mass is 315 g/mol. The highest BCUT2D eigenvalue weighted by Crippen LogP contribution is 2.51. The van der Waals surface area contributed by atoms with Crippen LogP contribution >= 0.6 is 0 Å². The molecule has 3 fully saturated rings. The lowest BCUT2D eigenvalue weighted by Crippen LogP contribution is -2.63. The smallest absolute Gasteiger partial charge is 0.251 e. The van der Waals surface area contributed by atoms with Crippen molar-refractivity contribution in [3.05, 3.63) is 29.3 Å². The number of benzene rings is 1. The minimum Gasteiger partial charge on any atom is -0.508 e. The lowest BCUT2D eigenvalue weighted by Gasteiger charge is -2.50. The number of carbonyl (C=O) groups is 1. The van der Waals surface area contributed by atoms with Gasteiger partial charge in [-0.1, -0.05) is 31.7 Å². The summed E-state index contributed by atoms with van der Waals surface area (Å²) >= 11 is 0. The van der Waals surface area contributed by atoms with Gasteiger partial charge in [-0.2, -0.15) is 0 Å². The van der Waals surface area contributed by atoms with E-state index in [9.17, 15) is 9.90 Å². The maximum atomic E-state index is 12.6. The van der Waals surface area contributed by atoms with Crippen molar-refractivity contribution in [2.45, 2.75) is 51.2 Å². The summed E-state index contributed by atoms with van der Waals surface area (Å²) in [4.78, 5) is 12.6. The Kier molecular flexibility index (Phi) is 3.80. The Morgan fingerprint density at radius 3 is 2.78 bits per heavy atom. The number of hydrogen-bond donors (Lipinski definition) is 2. The molecule has 1 amide bonds. The Morgan fingerprint density at radius 2 is 2.04 bits per heavy atom. The fraction of sp³-hybridized carbons (Fsp3) is 0.632. The lowest BCUT2D eigenvalue weighted by molar-refractivity contribution is -0.0784. The van der Waals surface area contributed by atoms with Gasteiger partial charge in [-0.3, -0.25) is 4.79 Å². The van der Waals surface area contributed by atoms with Crippen molar-refractivity contribution >= 4 is 5.91 Å². The number of aromatic hydroxyl groups is 1. The highest BCUT2D eigenvalue weighted by Gasteiger charge is 2.57. The van der Waals surface area contributed by atoms with E-state index in [1.54, 1.807) is 18.2 Å². The third kappa shape index (κ3) is 2.53. The van der Waals surface area contributed by atoms with Crippen molar-refractivity contribution < 1.29 is 14.6 Å². The second-order valence-corrected chi connectivity index (χ2v) is 7.41. The number of hydrogen-bond acceptors (Lipinski definition) is 3. The van der Waals surface area contributed by atoms with Crippen LogP contribution in [0.15, 0.2) is 18.2 Å². The second kappa shape index (κ2) is 5.82. The highest BCUT2D eigenvalue weighted by atomic mass is 16.5. The zero-order valence-corrected chi connectivity index (χ0v) is 13.6. The number of fused-ring (bicyclic) bond motifs is 1. The third-order valence-electron chi connectivity index (χ3n) is 6.15. The number of carbonyl (C=O) groups excluding carboxylic acids is 1. The SMILES string of the molecule is Cc1ccc(C(=O)N[C@H]2[C@@H]3CCO[C@@H]3[C@@H]2C2CCCC2)cc1O. The average molecular weight is 315 g/mol. The number of ether oxygens (including phenoxy) is 1. The predicted molar refractivity (Wildman–Crippen MR) is 87.4 cm³/mol. The fourth-order valence-electron chi connectivity index (χ4n) is 4.85. The standard InChI is InChI=1S/C19H25NO3/c1-11-6-7-13(10-15(11)21)19(22)20-17-14-8-9-23-18(14)16(17)12-4-2-3-5-12/h6-7,10,12,14,16-18,21H,2-5,8-9H2,1H3,(H,20,22)/t14-,16+,17-,18-/m0/s1. The number of amides is 1. The van der Waals surface area contributed by atoms with Crippen LogP contribution in [-0.4, -0.2) is 29.8 Å². The first kappa shape index (κ1) is 15.0. The number of aryl methyl sites for hydroxylation is 1. The van der Waals surface area contributed by atoms with E-state index in [4.69, 9.17) is 4.74 Å². The van der Waals surface area contributed by atoms with Crippen LogP contribution in [-0.2, 0) is 4.74 Å². The largest absolute Gasteiger partial charge is 0.508 e. The Hall–Kier alpha value is -1.55. The minimum absolute atomic E-state index is 0.0707. The first-order valence-electron chi connectivity index (χ1n) is 8.87. The summed E-state index contributed by atoms with van der Waals surface area (Å²) in [7, 11) is 0. The Balaban J connectivity index is 1.49. The van der Waals surface area contributed by atoms with Crippen LogP contribution < -0.4 is 5.32 Å². The molecule has 0 aromatic heterocycles. The zero-order valence-electron chi connectivity index (χ0n) is 13.6. The summed E-state index contributed by atoms with van der Waals surface area (Å²) in [6.45, 7) is 2.66.